The summed E-state index contributed by atoms with van der Waals surface area (Å²) in [4.78, 5) is 78.3. The summed E-state index contributed by atoms with van der Waals surface area (Å²) in [5.74, 6) is -3.30. The van der Waals surface area contributed by atoms with E-state index in [1.54, 1.807) is 42.5 Å². The molecule has 0 amide bonds. The Bertz CT molecular complexity index is 1870. The van der Waals surface area contributed by atoms with Gasteiger partial charge in [-0.25, -0.2) is 4.98 Å². The number of fused-ring (bicyclic) bond motifs is 4. The maximum Gasteiger partial charge on any atom is 0.303 e. The normalized spacial score (nSPS) is 21.6. The summed E-state index contributed by atoms with van der Waals surface area (Å²) >= 11 is 6.06. The van der Waals surface area contributed by atoms with Gasteiger partial charge in [-0.15, -0.1) is 0 Å². The van der Waals surface area contributed by atoms with Gasteiger partial charge in [-0.3, -0.25) is 33.3 Å². The first-order valence-corrected chi connectivity index (χ1v) is 14.7. The van der Waals surface area contributed by atoms with Crippen molar-refractivity contribution in [3.8, 4) is 5.69 Å². The molecule has 5 atom stereocenters. The van der Waals surface area contributed by atoms with Gasteiger partial charge in [0.05, 0.1) is 28.8 Å². The predicted octanol–water partition coefficient (Wildman–Crippen LogP) is 2.70. The molecule has 15 heteroatoms. The van der Waals surface area contributed by atoms with Crippen LogP contribution in [0.25, 0.3) is 22.7 Å². The van der Waals surface area contributed by atoms with Crippen LogP contribution in [0.2, 0.25) is 5.02 Å². The monoisotopic (exact) mass is 668 g/mol. The van der Waals surface area contributed by atoms with Gasteiger partial charge in [-0.1, -0.05) is 29.8 Å². The number of hydrogen-bond donors (Lipinski definition) is 0. The van der Waals surface area contributed by atoms with Crippen molar-refractivity contribution in [1.29, 1.82) is 0 Å². The molecular weight excluding hydrogens is 640 g/mol. The number of nitrogens with zero attached hydrogens (tertiary/aromatic N) is 2. The van der Waals surface area contributed by atoms with Gasteiger partial charge in [-0.05, 0) is 35.9 Å². The van der Waals surface area contributed by atoms with E-state index in [9.17, 15) is 28.8 Å². The Balaban J connectivity index is 1.38. The molecule has 2 aliphatic rings. The molecule has 3 heterocycles. The van der Waals surface area contributed by atoms with E-state index in [2.05, 4.69) is 4.98 Å². The molecule has 0 aliphatic carbocycles. The number of ketones is 1. The molecule has 1 saturated heterocycles. The Morgan fingerprint density at radius 1 is 0.894 bits per heavy atom. The maximum atomic E-state index is 13.5. The van der Waals surface area contributed by atoms with E-state index >= 15 is 0 Å². The number of esters is 4. The highest BCUT2D eigenvalue weighted by molar-refractivity contribution is 6.31. The summed E-state index contributed by atoms with van der Waals surface area (Å²) < 4.78 is 34.3. The van der Waals surface area contributed by atoms with E-state index in [1.807, 2.05) is 0 Å². The van der Waals surface area contributed by atoms with Crippen molar-refractivity contribution in [3.05, 3.63) is 74.8 Å². The molecule has 246 valence electrons. The second-order valence-electron chi connectivity index (χ2n) is 10.6. The zero-order valence-corrected chi connectivity index (χ0v) is 26.3. The first-order valence-electron chi connectivity index (χ1n) is 14.3. The molecule has 5 unspecified atom stereocenters. The SMILES string of the molecule is CC(=O)OCC1OC(OCC=Cc2ccc3nc4n(c(=O)c3c2)-c2ccc(Cl)cc2C4=O)C(OC(C)=O)C(OC(C)=O)C1OC(C)=O. The fraction of sp³-hybridized carbons (Fsp3) is 0.344. The molecule has 3 aromatic rings. The number of aromatic nitrogens is 2. The second kappa shape index (κ2) is 13.8. The summed E-state index contributed by atoms with van der Waals surface area (Å²) in [6, 6.07) is 9.60. The number of carbonyl (C=O) groups excluding carboxylic acids is 5. The van der Waals surface area contributed by atoms with Gasteiger partial charge in [0.2, 0.25) is 5.78 Å². The van der Waals surface area contributed by atoms with Gasteiger partial charge in [0.15, 0.2) is 30.4 Å². The third kappa shape index (κ3) is 7.24. The number of benzene rings is 2. The van der Waals surface area contributed by atoms with Gasteiger partial charge in [0, 0.05) is 32.7 Å². The average molecular weight is 669 g/mol. The minimum Gasteiger partial charge on any atom is -0.463 e. The Morgan fingerprint density at radius 2 is 1.57 bits per heavy atom. The van der Waals surface area contributed by atoms with Crippen LogP contribution in [0.4, 0.5) is 0 Å². The van der Waals surface area contributed by atoms with E-state index in [1.165, 1.54) is 17.6 Å². The molecular formula is C32H29ClN2O12. The van der Waals surface area contributed by atoms with E-state index in [0.717, 1.165) is 20.8 Å². The molecule has 47 heavy (non-hydrogen) atoms. The molecule has 14 nitrogen and oxygen atoms in total. The Kier molecular flexibility index (Phi) is 9.84. The summed E-state index contributed by atoms with van der Waals surface area (Å²) in [7, 11) is 0. The van der Waals surface area contributed by atoms with E-state index in [4.69, 9.17) is 40.0 Å². The van der Waals surface area contributed by atoms with Gasteiger partial charge in [-0.2, -0.15) is 0 Å². The van der Waals surface area contributed by atoms with Crippen molar-refractivity contribution in [2.45, 2.75) is 58.4 Å². The lowest BCUT2D eigenvalue weighted by molar-refractivity contribution is -0.305. The first-order chi connectivity index (χ1) is 22.3. The smallest absolute Gasteiger partial charge is 0.303 e. The number of hydrogen-bond acceptors (Lipinski definition) is 13. The summed E-state index contributed by atoms with van der Waals surface area (Å²) in [6.45, 7) is 4.03. The minimum atomic E-state index is -1.36. The van der Waals surface area contributed by atoms with Crippen LogP contribution in [0.5, 0.6) is 0 Å². The first kappa shape index (κ1) is 33.4. The summed E-state index contributed by atoms with van der Waals surface area (Å²) in [6.07, 6.45) is -3.28. The minimum absolute atomic E-state index is 0.00119. The van der Waals surface area contributed by atoms with Crippen molar-refractivity contribution in [2.24, 2.45) is 0 Å². The summed E-state index contributed by atoms with van der Waals surface area (Å²) in [5.41, 5.74) is 1.19. The molecule has 0 spiro atoms. The van der Waals surface area contributed by atoms with Crippen molar-refractivity contribution in [3.63, 3.8) is 0 Å². The lowest BCUT2D eigenvalue weighted by atomic mass is 9.98. The van der Waals surface area contributed by atoms with Crippen LogP contribution in [-0.4, -0.2) is 83.1 Å². The molecule has 1 aromatic heterocycles. The molecule has 2 aliphatic heterocycles. The van der Waals surface area contributed by atoms with Crippen LogP contribution in [0, 0.1) is 0 Å². The van der Waals surface area contributed by atoms with Crippen LogP contribution in [0.1, 0.15) is 49.4 Å². The molecule has 1 fully saturated rings. The molecule has 0 saturated carbocycles. The largest absolute Gasteiger partial charge is 0.463 e. The zero-order valence-electron chi connectivity index (χ0n) is 25.6. The molecule has 0 radical (unpaired) electrons. The van der Waals surface area contributed by atoms with Crippen molar-refractivity contribution >= 4 is 58.2 Å². The Hall–Kier alpha value is -4.92. The number of halogens is 1. The third-order valence-electron chi connectivity index (χ3n) is 7.15. The molecule has 0 N–H and O–H groups in total. The highest BCUT2D eigenvalue weighted by Crippen LogP contribution is 2.31. The van der Waals surface area contributed by atoms with Crippen molar-refractivity contribution < 1.29 is 52.4 Å². The fourth-order valence-corrected chi connectivity index (χ4v) is 5.52. The van der Waals surface area contributed by atoms with Gasteiger partial charge in [0.1, 0.15) is 12.7 Å². The third-order valence-corrected chi connectivity index (χ3v) is 7.39. The predicted molar refractivity (Wildman–Crippen MR) is 163 cm³/mol. The summed E-state index contributed by atoms with van der Waals surface area (Å²) in [5, 5.41) is 0.632. The maximum absolute atomic E-state index is 13.5. The van der Waals surface area contributed by atoms with Crippen LogP contribution in [-0.2, 0) is 47.6 Å². The molecule has 5 rings (SSSR count). The van der Waals surface area contributed by atoms with Crippen molar-refractivity contribution in [1.82, 2.24) is 9.55 Å². The van der Waals surface area contributed by atoms with Gasteiger partial charge < -0.3 is 28.4 Å². The molecule has 0 bridgehead atoms. The number of ether oxygens (including phenoxy) is 6. The van der Waals surface area contributed by atoms with Crippen molar-refractivity contribution in [2.75, 3.05) is 13.2 Å². The number of rotatable bonds is 9. The Morgan fingerprint density at radius 3 is 2.26 bits per heavy atom. The Labute approximate surface area is 272 Å². The quantitative estimate of drug-likeness (QED) is 0.188. The number of carbonyl (C=O) groups is 5. The average Bonchev–Trinajstić information content (AvgIpc) is 3.27. The highest BCUT2D eigenvalue weighted by Gasteiger charge is 2.52. The zero-order chi connectivity index (χ0) is 34.0. The topological polar surface area (TPSA) is 176 Å². The van der Waals surface area contributed by atoms with Gasteiger partial charge in [0.25, 0.3) is 5.56 Å². The highest BCUT2D eigenvalue weighted by atomic mass is 35.5. The van der Waals surface area contributed by atoms with Crippen LogP contribution in [0.3, 0.4) is 0 Å². The van der Waals surface area contributed by atoms with Gasteiger partial charge >= 0.3 is 23.9 Å². The fourth-order valence-electron chi connectivity index (χ4n) is 5.35. The standard InChI is InChI=1S/C32H29ClN2O12/c1-15(36)43-14-25-27(44-16(2)37)28(45-17(3)38)29(46-18(4)39)32(47-25)42-11-5-6-19-7-9-23-21(12-19)31(41)35-24-10-8-20(33)13-22(24)26(40)30(35)34-23/h5-10,12-13,25,27-29,32H,11,14H2,1-4H3. The second-order valence-corrected chi connectivity index (χ2v) is 11.1. The van der Waals surface area contributed by atoms with Crippen LogP contribution >= 0.6 is 11.6 Å². The van der Waals surface area contributed by atoms with E-state index < -0.39 is 65.9 Å². The molecule has 2 aromatic carbocycles. The van der Waals surface area contributed by atoms with Crippen LogP contribution in [0.15, 0.2) is 47.3 Å². The van der Waals surface area contributed by atoms with Crippen LogP contribution < -0.4 is 5.56 Å². The lowest BCUT2D eigenvalue weighted by Crippen LogP contribution is -2.62. The lowest BCUT2D eigenvalue weighted by Gasteiger charge is -2.43. The van der Waals surface area contributed by atoms with E-state index in [-0.39, 0.29) is 30.0 Å². The van der Waals surface area contributed by atoms with E-state index in [0.29, 0.717) is 21.8 Å².